The molecule has 0 spiro atoms. The molecule has 0 aliphatic rings. The van der Waals surface area contributed by atoms with Crippen LogP contribution in [0.5, 0.6) is 5.75 Å². The van der Waals surface area contributed by atoms with E-state index in [1.165, 1.54) is 0 Å². The largest absolute Gasteiger partial charge is 0.495 e. The van der Waals surface area contributed by atoms with Crippen molar-refractivity contribution in [3.05, 3.63) is 35.3 Å². The molecular weight excluding hydrogens is 270 g/mol. The zero-order valence-corrected chi connectivity index (χ0v) is 13.2. The average molecular weight is 291 g/mol. The molecule has 1 aromatic heterocycles. The van der Waals surface area contributed by atoms with Crippen LogP contribution in [0.25, 0.3) is 0 Å². The summed E-state index contributed by atoms with van der Waals surface area (Å²) in [5.41, 5.74) is 2.10. The first-order valence-corrected chi connectivity index (χ1v) is 7.60. The van der Waals surface area contributed by atoms with Crippen molar-refractivity contribution in [2.75, 3.05) is 25.6 Å². The van der Waals surface area contributed by atoms with Gasteiger partial charge in [0.1, 0.15) is 5.75 Å². The molecule has 0 aliphatic heterocycles. The molecule has 0 bridgehead atoms. The zero-order valence-electron chi connectivity index (χ0n) is 12.4. The Morgan fingerprint density at radius 3 is 2.85 bits per heavy atom. The lowest BCUT2D eigenvalue weighted by Gasteiger charge is -2.18. The predicted octanol–water partition coefficient (Wildman–Crippen LogP) is 3.59. The Morgan fingerprint density at radius 1 is 1.40 bits per heavy atom. The van der Waals surface area contributed by atoms with Crippen LogP contribution in [0.2, 0.25) is 0 Å². The Kier molecular flexibility index (Phi) is 4.98. The van der Waals surface area contributed by atoms with Crippen LogP contribution in [0.15, 0.2) is 29.6 Å². The molecule has 5 heteroatoms. The van der Waals surface area contributed by atoms with E-state index in [-0.39, 0.29) is 6.04 Å². The average Bonchev–Trinajstić information content (AvgIpc) is 2.96. The van der Waals surface area contributed by atoms with E-state index in [1.54, 1.807) is 18.4 Å². The van der Waals surface area contributed by atoms with Gasteiger partial charge in [0.15, 0.2) is 5.13 Å². The van der Waals surface area contributed by atoms with Crippen LogP contribution < -0.4 is 15.0 Å². The first-order chi connectivity index (χ1) is 9.67. The van der Waals surface area contributed by atoms with E-state index in [2.05, 4.69) is 29.4 Å². The van der Waals surface area contributed by atoms with Crippen LogP contribution in [0, 0.1) is 0 Å². The van der Waals surface area contributed by atoms with Gasteiger partial charge in [0.05, 0.1) is 18.5 Å². The summed E-state index contributed by atoms with van der Waals surface area (Å²) in [6.45, 7) is 5.17. The van der Waals surface area contributed by atoms with Crippen molar-refractivity contribution in [2.24, 2.45) is 0 Å². The number of nitrogens with one attached hydrogen (secondary N) is 1. The molecule has 2 rings (SSSR count). The Balaban J connectivity index is 2.23. The highest BCUT2D eigenvalue weighted by Crippen LogP contribution is 2.34. The number of aromatic nitrogens is 1. The first kappa shape index (κ1) is 14.8. The summed E-state index contributed by atoms with van der Waals surface area (Å²) < 4.78 is 5.40. The van der Waals surface area contributed by atoms with E-state index < -0.39 is 0 Å². The van der Waals surface area contributed by atoms with Crippen LogP contribution in [0.4, 0.5) is 10.8 Å². The van der Waals surface area contributed by atoms with E-state index in [1.807, 2.05) is 31.3 Å². The van der Waals surface area contributed by atoms with Crippen LogP contribution in [-0.4, -0.2) is 25.7 Å². The third kappa shape index (κ3) is 3.11. The second-order valence-corrected chi connectivity index (χ2v) is 5.40. The monoisotopic (exact) mass is 291 g/mol. The van der Waals surface area contributed by atoms with Gasteiger partial charge < -0.3 is 15.0 Å². The number of methoxy groups -OCH3 is 1. The van der Waals surface area contributed by atoms with Gasteiger partial charge in [-0.05, 0) is 25.6 Å². The topological polar surface area (TPSA) is 37.4 Å². The van der Waals surface area contributed by atoms with Crippen molar-refractivity contribution in [3.8, 4) is 5.75 Å². The van der Waals surface area contributed by atoms with Crippen LogP contribution in [-0.2, 0) is 0 Å². The minimum absolute atomic E-state index is 0.274. The molecular formula is C15H21N3OS. The fraction of sp³-hybridized carbons (Fsp3) is 0.400. The SMILES string of the molecule is CCNC(C)c1csc(N(C)c2ccccc2OC)n1. The highest BCUT2D eigenvalue weighted by Gasteiger charge is 2.15. The van der Waals surface area contributed by atoms with Crippen LogP contribution in [0.1, 0.15) is 25.6 Å². The third-order valence-electron chi connectivity index (χ3n) is 3.20. The smallest absolute Gasteiger partial charge is 0.189 e. The molecule has 1 aromatic carbocycles. The summed E-state index contributed by atoms with van der Waals surface area (Å²) in [5.74, 6) is 0.853. The molecule has 1 N–H and O–H groups in total. The Morgan fingerprint density at radius 2 is 2.15 bits per heavy atom. The van der Waals surface area contributed by atoms with Crippen molar-refractivity contribution < 1.29 is 4.74 Å². The predicted molar refractivity (Wildman–Crippen MR) is 85.3 cm³/mol. The highest BCUT2D eigenvalue weighted by atomic mass is 32.1. The highest BCUT2D eigenvalue weighted by molar-refractivity contribution is 7.13. The van der Waals surface area contributed by atoms with Crippen LogP contribution in [0.3, 0.4) is 0 Å². The lowest BCUT2D eigenvalue weighted by Crippen LogP contribution is -2.18. The summed E-state index contributed by atoms with van der Waals surface area (Å²) in [6, 6.07) is 8.24. The molecule has 0 amide bonds. The molecule has 0 fully saturated rings. The van der Waals surface area contributed by atoms with Gasteiger partial charge in [0.2, 0.25) is 0 Å². The minimum atomic E-state index is 0.274. The van der Waals surface area contributed by atoms with Crippen molar-refractivity contribution in [2.45, 2.75) is 19.9 Å². The van der Waals surface area contributed by atoms with Gasteiger partial charge in [-0.25, -0.2) is 4.98 Å². The summed E-state index contributed by atoms with van der Waals surface area (Å²) in [4.78, 5) is 6.77. The summed E-state index contributed by atoms with van der Waals surface area (Å²) in [6.07, 6.45) is 0. The molecule has 108 valence electrons. The zero-order chi connectivity index (χ0) is 14.5. The van der Waals surface area contributed by atoms with E-state index >= 15 is 0 Å². The number of para-hydroxylation sites is 2. The van der Waals surface area contributed by atoms with Crippen molar-refractivity contribution in [1.29, 1.82) is 0 Å². The quantitative estimate of drug-likeness (QED) is 0.882. The Labute approximate surface area is 124 Å². The van der Waals surface area contributed by atoms with E-state index in [9.17, 15) is 0 Å². The summed E-state index contributed by atoms with van der Waals surface area (Å²) in [5, 5.41) is 6.45. The number of hydrogen-bond acceptors (Lipinski definition) is 5. The number of thiazole rings is 1. The van der Waals surface area contributed by atoms with E-state index in [0.29, 0.717) is 0 Å². The van der Waals surface area contributed by atoms with Gasteiger partial charge in [-0.3, -0.25) is 0 Å². The lowest BCUT2D eigenvalue weighted by atomic mass is 10.2. The standard InChI is InChI=1S/C15H21N3OS/c1-5-16-11(2)12-10-20-15(17-12)18(3)13-8-6-7-9-14(13)19-4/h6-11,16H,5H2,1-4H3. The lowest BCUT2D eigenvalue weighted by molar-refractivity contribution is 0.415. The molecule has 0 radical (unpaired) electrons. The molecule has 0 saturated heterocycles. The fourth-order valence-electron chi connectivity index (χ4n) is 2.05. The number of nitrogens with zero attached hydrogens (tertiary/aromatic N) is 2. The van der Waals surface area contributed by atoms with Gasteiger partial charge in [-0.2, -0.15) is 0 Å². The Bertz CT molecular complexity index is 556. The third-order valence-corrected chi connectivity index (χ3v) is 4.13. The number of hydrogen-bond donors (Lipinski definition) is 1. The Hall–Kier alpha value is -1.59. The first-order valence-electron chi connectivity index (χ1n) is 6.73. The molecule has 1 atom stereocenters. The van der Waals surface area contributed by atoms with Crippen LogP contribution >= 0.6 is 11.3 Å². The molecule has 1 unspecified atom stereocenters. The maximum atomic E-state index is 5.40. The van der Waals surface area contributed by atoms with Gasteiger partial charge in [0.25, 0.3) is 0 Å². The second-order valence-electron chi connectivity index (χ2n) is 4.57. The van der Waals surface area contributed by atoms with Gasteiger partial charge in [-0.15, -0.1) is 11.3 Å². The minimum Gasteiger partial charge on any atom is -0.495 e. The molecule has 0 aliphatic carbocycles. The summed E-state index contributed by atoms with van der Waals surface area (Å²) >= 11 is 1.65. The number of benzene rings is 1. The number of anilines is 2. The molecule has 2 aromatic rings. The van der Waals surface area contributed by atoms with Crippen molar-refractivity contribution in [1.82, 2.24) is 10.3 Å². The molecule has 20 heavy (non-hydrogen) atoms. The van der Waals surface area contributed by atoms with Gasteiger partial charge >= 0.3 is 0 Å². The number of rotatable bonds is 6. The maximum Gasteiger partial charge on any atom is 0.189 e. The van der Waals surface area contributed by atoms with E-state index in [0.717, 1.165) is 28.8 Å². The summed E-state index contributed by atoms with van der Waals surface area (Å²) in [7, 11) is 3.70. The van der Waals surface area contributed by atoms with Crippen molar-refractivity contribution >= 4 is 22.2 Å². The fourth-order valence-corrected chi connectivity index (χ4v) is 2.95. The van der Waals surface area contributed by atoms with E-state index in [4.69, 9.17) is 9.72 Å². The molecule has 4 nitrogen and oxygen atoms in total. The molecule has 0 saturated carbocycles. The molecule has 1 heterocycles. The second kappa shape index (κ2) is 6.72. The number of ether oxygens (including phenoxy) is 1. The van der Waals surface area contributed by atoms with Gasteiger partial charge in [0, 0.05) is 18.5 Å². The van der Waals surface area contributed by atoms with Crippen molar-refractivity contribution in [3.63, 3.8) is 0 Å². The maximum absolute atomic E-state index is 5.40. The van der Waals surface area contributed by atoms with Gasteiger partial charge in [-0.1, -0.05) is 19.1 Å². The normalized spacial score (nSPS) is 12.2.